The smallest absolute Gasteiger partial charge is 0.141 e. The molecule has 2 aliphatic rings. The first kappa shape index (κ1) is 13.3. The van der Waals surface area contributed by atoms with Gasteiger partial charge in [-0.05, 0) is 41.6 Å². The van der Waals surface area contributed by atoms with Gasteiger partial charge >= 0.3 is 0 Å². The lowest BCUT2D eigenvalue weighted by Crippen LogP contribution is -2.11. The first-order valence-electron chi connectivity index (χ1n) is 7.58. The highest BCUT2D eigenvalue weighted by Crippen LogP contribution is 2.44. The highest BCUT2D eigenvalue weighted by Gasteiger charge is 2.30. The van der Waals surface area contributed by atoms with E-state index in [1.807, 2.05) is 0 Å². The molecule has 19 heavy (non-hydrogen) atoms. The lowest BCUT2D eigenvalue weighted by Gasteiger charge is -2.19. The Morgan fingerprint density at radius 2 is 1.47 bits per heavy atom. The van der Waals surface area contributed by atoms with Crippen LogP contribution < -0.4 is 5.73 Å². The molecule has 3 nitrogen and oxygen atoms in total. The quantitative estimate of drug-likeness (QED) is 0.870. The molecule has 2 N–H and O–H groups in total. The minimum atomic E-state index is 0.521. The normalized spacial score (nSPS) is 21.9. The lowest BCUT2D eigenvalue weighted by atomic mass is 9.90. The van der Waals surface area contributed by atoms with E-state index >= 15 is 0 Å². The van der Waals surface area contributed by atoms with Gasteiger partial charge in [-0.3, -0.25) is 0 Å². The van der Waals surface area contributed by atoms with Crippen LogP contribution in [0.4, 0.5) is 5.82 Å². The van der Waals surface area contributed by atoms with E-state index in [0.717, 1.165) is 16.0 Å². The average Bonchev–Trinajstić information content (AvgIpc) is 3.16. The second-order valence-corrected chi connectivity index (χ2v) is 6.78. The molecule has 2 aliphatic carbocycles. The first-order valence-corrected chi connectivity index (χ1v) is 8.38. The molecule has 0 saturated heterocycles. The van der Waals surface area contributed by atoms with Crippen molar-refractivity contribution in [1.82, 2.24) is 9.97 Å². The van der Waals surface area contributed by atoms with Gasteiger partial charge in [0.25, 0.3) is 0 Å². The second-order valence-electron chi connectivity index (χ2n) is 5.98. The topological polar surface area (TPSA) is 51.8 Å². The molecule has 0 unspecified atom stereocenters. The Hall–Kier alpha value is -0.640. The number of nitrogens with zero attached hydrogens (tertiary/aromatic N) is 2. The van der Waals surface area contributed by atoms with Crippen molar-refractivity contribution >= 4 is 21.7 Å². The highest BCUT2D eigenvalue weighted by atomic mass is 79.9. The second kappa shape index (κ2) is 5.78. The summed E-state index contributed by atoms with van der Waals surface area (Å²) < 4.78 is 0.935. The van der Waals surface area contributed by atoms with Crippen molar-refractivity contribution in [2.24, 2.45) is 0 Å². The van der Waals surface area contributed by atoms with E-state index in [-0.39, 0.29) is 0 Å². The Morgan fingerprint density at radius 1 is 0.842 bits per heavy atom. The molecule has 1 aromatic rings. The number of hydrogen-bond acceptors (Lipinski definition) is 3. The number of nitrogen functional groups attached to an aromatic ring is 1. The molecule has 0 bridgehead atoms. The molecule has 0 amide bonds. The predicted octanol–water partition coefficient (Wildman–Crippen LogP) is 4.53. The van der Waals surface area contributed by atoms with Crippen molar-refractivity contribution in [3.8, 4) is 0 Å². The van der Waals surface area contributed by atoms with Gasteiger partial charge in [-0.2, -0.15) is 0 Å². The molecule has 0 aliphatic heterocycles. The predicted molar refractivity (Wildman–Crippen MR) is 81.2 cm³/mol. The third kappa shape index (κ3) is 3.10. The highest BCUT2D eigenvalue weighted by molar-refractivity contribution is 9.10. The molecule has 0 radical (unpaired) electrons. The Balaban J connectivity index is 1.86. The Morgan fingerprint density at radius 3 is 2.11 bits per heavy atom. The molecule has 4 heteroatoms. The Bertz CT molecular complexity index is 449. The van der Waals surface area contributed by atoms with Gasteiger partial charge in [-0.1, -0.05) is 32.1 Å². The molecule has 104 valence electrons. The van der Waals surface area contributed by atoms with Crippen molar-refractivity contribution in [2.75, 3.05) is 5.73 Å². The summed E-state index contributed by atoms with van der Waals surface area (Å²) in [7, 11) is 0. The molecule has 3 rings (SSSR count). The molecule has 2 fully saturated rings. The summed E-state index contributed by atoms with van der Waals surface area (Å²) in [5.41, 5.74) is 7.22. The van der Waals surface area contributed by atoms with E-state index in [4.69, 9.17) is 10.7 Å². The summed E-state index contributed by atoms with van der Waals surface area (Å²) in [5.74, 6) is 2.78. The van der Waals surface area contributed by atoms with Crippen LogP contribution >= 0.6 is 15.9 Å². The van der Waals surface area contributed by atoms with Gasteiger partial charge < -0.3 is 5.73 Å². The molecule has 0 spiro atoms. The van der Waals surface area contributed by atoms with Gasteiger partial charge in [0.1, 0.15) is 11.6 Å². The standard InChI is InChI=1S/C15H22BrN3/c16-12-13(10-8-9-10)18-15(19-14(12)17)11-6-4-2-1-3-5-7-11/h10-11H,1-9H2,(H2,17,18,19). The van der Waals surface area contributed by atoms with Gasteiger partial charge in [0, 0.05) is 11.8 Å². The molecular formula is C15H22BrN3. The van der Waals surface area contributed by atoms with Crippen LogP contribution in [0.15, 0.2) is 4.47 Å². The first-order chi connectivity index (χ1) is 9.25. The summed E-state index contributed by atoms with van der Waals surface area (Å²) in [6, 6.07) is 0. The molecule has 0 aromatic carbocycles. The Labute approximate surface area is 123 Å². The maximum absolute atomic E-state index is 6.07. The van der Waals surface area contributed by atoms with Gasteiger partial charge in [0.05, 0.1) is 10.2 Å². The van der Waals surface area contributed by atoms with Crippen LogP contribution in [0, 0.1) is 0 Å². The molecule has 1 aromatic heterocycles. The molecule has 0 atom stereocenters. The van der Waals surface area contributed by atoms with Crippen LogP contribution in [-0.2, 0) is 0 Å². The summed E-state index contributed by atoms with van der Waals surface area (Å²) in [4.78, 5) is 9.41. The van der Waals surface area contributed by atoms with Crippen molar-refractivity contribution in [3.05, 3.63) is 16.0 Å². The largest absolute Gasteiger partial charge is 0.383 e. The fourth-order valence-corrected chi connectivity index (χ4v) is 3.53. The van der Waals surface area contributed by atoms with Gasteiger partial charge in [-0.15, -0.1) is 0 Å². The van der Waals surface area contributed by atoms with Crippen LogP contribution in [0.25, 0.3) is 0 Å². The number of anilines is 1. The Kier molecular flexibility index (Phi) is 4.06. The average molecular weight is 324 g/mol. The summed E-state index contributed by atoms with van der Waals surface area (Å²) in [6.07, 6.45) is 11.7. The number of hydrogen-bond donors (Lipinski definition) is 1. The van der Waals surface area contributed by atoms with E-state index in [2.05, 4.69) is 20.9 Å². The van der Waals surface area contributed by atoms with E-state index in [0.29, 0.717) is 17.7 Å². The van der Waals surface area contributed by atoms with Gasteiger partial charge in [-0.25, -0.2) is 9.97 Å². The fraction of sp³-hybridized carbons (Fsp3) is 0.733. The minimum Gasteiger partial charge on any atom is -0.383 e. The zero-order valence-electron chi connectivity index (χ0n) is 11.4. The van der Waals surface area contributed by atoms with Crippen molar-refractivity contribution in [1.29, 1.82) is 0 Å². The summed E-state index contributed by atoms with van der Waals surface area (Å²) >= 11 is 3.56. The van der Waals surface area contributed by atoms with Crippen LogP contribution in [0.5, 0.6) is 0 Å². The van der Waals surface area contributed by atoms with Crippen molar-refractivity contribution in [2.45, 2.75) is 69.6 Å². The summed E-state index contributed by atoms with van der Waals surface area (Å²) in [6.45, 7) is 0. The number of rotatable bonds is 2. The SMILES string of the molecule is Nc1nc(C2CCCCCCC2)nc(C2CC2)c1Br. The third-order valence-corrected chi connectivity index (χ3v) is 5.17. The van der Waals surface area contributed by atoms with Crippen LogP contribution in [0.2, 0.25) is 0 Å². The van der Waals surface area contributed by atoms with Crippen molar-refractivity contribution < 1.29 is 0 Å². The molecular weight excluding hydrogens is 302 g/mol. The summed E-state index contributed by atoms with van der Waals surface area (Å²) in [5, 5.41) is 0. The van der Waals surface area contributed by atoms with Crippen LogP contribution in [-0.4, -0.2) is 9.97 Å². The maximum Gasteiger partial charge on any atom is 0.141 e. The van der Waals surface area contributed by atoms with E-state index in [1.54, 1.807) is 0 Å². The maximum atomic E-state index is 6.07. The zero-order valence-corrected chi connectivity index (χ0v) is 13.0. The number of nitrogens with two attached hydrogens (primary N) is 1. The van der Waals surface area contributed by atoms with E-state index in [1.165, 1.54) is 57.8 Å². The van der Waals surface area contributed by atoms with Crippen molar-refractivity contribution in [3.63, 3.8) is 0 Å². The van der Waals surface area contributed by atoms with Gasteiger partial charge in [0.2, 0.25) is 0 Å². The van der Waals surface area contributed by atoms with E-state index < -0.39 is 0 Å². The zero-order chi connectivity index (χ0) is 13.2. The van der Waals surface area contributed by atoms with E-state index in [9.17, 15) is 0 Å². The minimum absolute atomic E-state index is 0.521. The van der Waals surface area contributed by atoms with Gasteiger partial charge in [0.15, 0.2) is 0 Å². The molecule has 1 heterocycles. The number of aromatic nitrogens is 2. The van der Waals surface area contributed by atoms with Crippen LogP contribution in [0.1, 0.15) is 81.1 Å². The lowest BCUT2D eigenvalue weighted by molar-refractivity contribution is 0.441. The fourth-order valence-electron chi connectivity index (χ4n) is 3.03. The number of halogens is 1. The molecule has 2 saturated carbocycles. The third-order valence-electron chi connectivity index (χ3n) is 4.35. The van der Waals surface area contributed by atoms with Crippen LogP contribution in [0.3, 0.4) is 0 Å². The monoisotopic (exact) mass is 323 g/mol.